The van der Waals surface area contributed by atoms with Crippen molar-refractivity contribution in [3.63, 3.8) is 0 Å². The van der Waals surface area contributed by atoms with Crippen molar-refractivity contribution in [1.29, 1.82) is 0 Å². The highest BCUT2D eigenvalue weighted by molar-refractivity contribution is 6.58. The molecule has 6 aromatic rings. The Balaban J connectivity index is 1.13. The summed E-state index contributed by atoms with van der Waals surface area (Å²) in [6, 6.07) is 28.2. The largest absolute Gasteiger partial charge is 0.569 e. The van der Waals surface area contributed by atoms with Crippen LogP contribution in [0.25, 0.3) is 23.3 Å². The van der Waals surface area contributed by atoms with Crippen molar-refractivity contribution >= 4 is 32.4 Å². The summed E-state index contributed by atoms with van der Waals surface area (Å²) >= 11 is 0. The molecule has 0 aliphatic carbocycles. The van der Waals surface area contributed by atoms with Crippen molar-refractivity contribution in [1.82, 2.24) is 0 Å². The second-order valence-electron chi connectivity index (χ2n) is 12.2. The molecule has 4 heterocycles. The molecule has 2 aromatic carbocycles. The number of nitrogens with zero attached hydrogens (tertiary/aromatic N) is 4. The fourth-order valence-corrected chi connectivity index (χ4v) is 5.94. The highest BCUT2D eigenvalue weighted by atomic mass is 16.5. The third kappa shape index (κ3) is 9.06. The summed E-state index contributed by atoms with van der Waals surface area (Å²) in [7, 11) is -0.841. The molecule has 0 amide bonds. The molecule has 245 valence electrons. The number of benzene rings is 2. The van der Waals surface area contributed by atoms with Crippen LogP contribution in [0.4, 0.5) is 0 Å². The van der Waals surface area contributed by atoms with E-state index in [0.717, 1.165) is 44.5 Å². The summed E-state index contributed by atoms with van der Waals surface area (Å²) in [5, 5.41) is 29.2. The van der Waals surface area contributed by atoms with E-state index >= 15 is 0 Å². The molecule has 6 rings (SSSR count). The quantitative estimate of drug-likeness (QED) is 0.124. The van der Waals surface area contributed by atoms with Gasteiger partial charge in [-0.15, -0.1) is 0 Å². The molecular formula is C40H39B2N4O4+4. The van der Waals surface area contributed by atoms with E-state index in [-0.39, 0.29) is 0 Å². The van der Waals surface area contributed by atoms with E-state index in [1.54, 1.807) is 6.08 Å². The molecule has 0 saturated carbocycles. The Morgan fingerprint density at radius 2 is 0.880 bits per heavy atom. The molecule has 0 aliphatic heterocycles. The van der Waals surface area contributed by atoms with Crippen molar-refractivity contribution in [3.8, 4) is 16.9 Å². The van der Waals surface area contributed by atoms with Gasteiger partial charge in [0, 0.05) is 70.8 Å². The number of rotatable bonds is 14. The van der Waals surface area contributed by atoms with Gasteiger partial charge in [-0.05, 0) is 52.0 Å². The summed E-state index contributed by atoms with van der Waals surface area (Å²) < 4.78 is 13.7. The van der Waals surface area contributed by atoms with Crippen molar-refractivity contribution < 1.29 is 38.0 Å². The standard InChI is InChI=1S/C40H39B2N4O4/c1-3-31-5-13-43(14-6-31)27-33-21-34(24-39(23-33)42(48)49)28-45-17-9-37(10-18-45)38-11-19-46(20-12-38)30-36-22-35(25-40(26-36)50-41-47)29-44-15-7-32(4-2)8-16-44/h3-26,47-49H,1-2,27-30H2/q+4. The molecule has 0 spiro atoms. The molecule has 0 unspecified atom stereocenters. The van der Waals surface area contributed by atoms with Crippen molar-refractivity contribution in [3.05, 3.63) is 181 Å². The fourth-order valence-electron chi connectivity index (χ4n) is 5.94. The van der Waals surface area contributed by atoms with E-state index in [9.17, 15) is 15.1 Å². The minimum atomic E-state index is -1.55. The normalized spacial score (nSPS) is 10.8. The van der Waals surface area contributed by atoms with Crippen LogP contribution < -0.4 is 28.4 Å². The number of pyridine rings is 4. The lowest BCUT2D eigenvalue weighted by Crippen LogP contribution is -2.37. The van der Waals surface area contributed by atoms with Crippen LogP contribution in [0, 0.1) is 0 Å². The topological polar surface area (TPSA) is 85.4 Å². The third-order valence-electron chi connectivity index (χ3n) is 8.47. The summed E-state index contributed by atoms with van der Waals surface area (Å²) in [5.41, 5.74) is 8.81. The summed E-state index contributed by atoms with van der Waals surface area (Å²) in [6.45, 7) is 10.1. The minimum Gasteiger partial charge on any atom is -0.537 e. The van der Waals surface area contributed by atoms with E-state index in [2.05, 4.69) is 75.7 Å². The Morgan fingerprint density at radius 1 is 0.540 bits per heavy atom. The molecule has 10 heteroatoms. The van der Waals surface area contributed by atoms with Gasteiger partial charge in [0.25, 0.3) is 0 Å². The highest BCUT2D eigenvalue weighted by Gasteiger charge is 2.17. The van der Waals surface area contributed by atoms with Gasteiger partial charge >= 0.3 is 14.8 Å². The minimum absolute atomic E-state index is 0.468. The van der Waals surface area contributed by atoms with Gasteiger partial charge in [-0.3, -0.25) is 0 Å². The molecule has 0 bridgehead atoms. The van der Waals surface area contributed by atoms with E-state index in [1.807, 2.05) is 96.4 Å². The zero-order valence-corrected chi connectivity index (χ0v) is 27.8. The van der Waals surface area contributed by atoms with Gasteiger partial charge in [0.2, 0.25) is 0 Å². The number of hydrogen-bond donors (Lipinski definition) is 3. The van der Waals surface area contributed by atoms with E-state index < -0.39 is 7.12 Å². The Hall–Kier alpha value is -5.67. The molecular weight excluding hydrogens is 622 g/mol. The fraction of sp³-hybridized carbons (Fsp3) is 0.100. The van der Waals surface area contributed by atoms with E-state index in [4.69, 9.17) is 4.65 Å². The Morgan fingerprint density at radius 3 is 1.20 bits per heavy atom. The molecule has 0 fully saturated rings. The molecule has 1 radical (unpaired) electrons. The zero-order valence-electron chi connectivity index (χ0n) is 27.8. The Kier molecular flexibility index (Phi) is 11.0. The van der Waals surface area contributed by atoms with E-state index in [1.165, 1.54) is 0 Å². The van der Waals surface area contributed by atoms with Gasteiger partial charge < -0.3 is 19.7 Å². The predicted octanol–water partition coefficient (Wildman–Crippen LogP) is 2.57. The molecule has 8 nitrogen and oxygen atoms in total. The molecule has 0 aliphatic rings. The van der Waals surface area contributed by atoms with Gasteiger partial charge in [-0.1, -0.05) is 37.4 Å². The maximum Gasteiger partial charge on any atom is 0.569 e. The van der Waals surface area contributed by atoms with Crippen LogP contribution in [0.2, 0.25) is 0 Å². The zero-order chi connectivity index (χ0) is 34.9. The van der Waals surface area contributed by atoms with Crippen LogP contribution in [-0.2, 0) is 26.2 Å². The summed E-state index contributed by atoms with van der Waals surface area (Å²) in [6.07, 6.45) is 19.8. The third-order valence-corrected chi connectivity index (χ3v) is 8.47. The predicted molar refractivity (Wildman–Crippen MR) is 193 cm³/mol. The second kappa shape index (κ2) is 16.2. The van der Waals surface area contributed by atoms with Crippen molar-refractivity contribution in [2.75, 3.05) is 0 Å². The highest BCUT2D eigenvalue weighted by Crippen LogP contribution is 2.19. The van der Waals surface area contributed by atoms with Gasteiger partial charge in [0.1, 0.15) is 5.75 Å². The molecule has 0 atom stereocenters. The second-order valence-corrected chi connectivity index (χ2v) is 12.2. The van der Waals surface area contributed by atoms with E-state index in [0.29, 0.717) is 45.1 Å². The Labute approximate surface area is 293 Å². The average molecular weight is 661 g/mol. The van der Waals surface area contributed by atoms with Gasteiger partial charge in [0.05, 0.1) is 0 Å². The summed E-state index contributed by atoms with van der Waals surface area (Å²) in [5.74, 6) is 0.575. The Bertz CT molecular complexity index is 2070. The molecule has 50 heavy (non-hydrogen) atoms. The number of aromatic nitrogens is 4. The summed E-state index contributed by atoms with van der Waals surface area (Å²) in [4.78, 5) is 0. The van der Waals surface area contributed by atoms with Gasteiger partial charge in [0.15, 0.2) is 75.8 Å². The van der Waals surface area contributed by atoms with Gasteiger partial charge in [-0.2, -0.15) is 0 Å². The monoisotopic (exact) mass is 661 g/mol. The smallest absolute Gasteiger partial charge is 0.537 e. The lowest BCUT2D eigenvalue weighted by Gasteiger charge is -2.08. The maximum absolute atomic E-state index is 9.96. The van der Waals surface area contributed by atoms with Crippen LogP contribution >= 0.6 is 0 Å². The lowest BCUT2D eigenvalue weighted by atomic mass is 9.78. The first-order valence-corrected chi connectivity index (χ1v) is 16.3. The van der Waals surface area contributed by atoms with Crippen molar-refractivity contribution in [2.24, 2.45) is 0 Å². The first-order valence-electron chi connectivity index (χ1n) is 16.3. The van der Waals surface area contributed by atoms with Crippen LogP contribution in [0.3, 0.4) is 0 Å². The number of hydrogen-bond acceptors (Lipinski definition) is 4. The first kappa shape index (κ1) is 34.2. The molecule has 3 N–H and O–H groups in total. The molecule has 4 aromatic heterocycles. The van der Waals surface area contributed by atoms with Crippen LogP contribution in [0.15, 0.2) is 148 Å². The van der Waals surface area contributed by atoms with Crippen molar-refractivity contribution in [2.45, 2.75) is 26.2 Å². The van der Waals surface area contributed by atoms with Crippen LogP contribution in [0.1, 0.15) is 33.4 Å². The van der Waals surface area contributed by atoms with Crippen LogP contribution in [0.5, 0.6) is 5.75 Å². The average Bonchev–Trinajstić information content (AvgIpc) is 3.13. The lowest BCUT2D eigenvalue weighted by molar-refractivity contribution is -0.689. The maximum atomic E-state index is 9.96. The van der Waals surface area contributed by atoms with Gasteiger partial charge in [-0.25, -0.2) is 18.3 Å². The SMILES string of the molecule is C=Cc1cc[n+](Cc2cc(C[n+]3ccc(-c4cc[n+](Cc5cc(C[n+]6ccc(C=C)cc6)cc(B(O)O)c5)cc4)cc3)cc(O[B]O)c2)cc1. The van der Waals surface area contributed by atoms with Crippen LogP contribution in [-0.4, -0.2) is 29.9 Å². The first-order chi connectivity index (χ1) is 24.4. The molecule has 0 saturated heterocycles.